The molecule has 0 spiro atoms. The Morgan fingerprint density at radius 2 is 2.12 bits per heavy atom. The molecule has 1 aliphatic rings. The maximum absolute atomic E-state index is 12.1. The maximum Gasteiger partial charge on any atom is 0.248 e. The number of nitrogens with zero attached hydrogens (tertiary/aromatic N) is 3. The highest BCUT2D eigenvalue weighted by molar-refractivity contribution is 6.02. The van der Waals surface area contributed by atoms with Gasteiger partial charge in [0.25, 0.3) is 0 Å². The lowest BCUT2D eigenvalue weighted by atomic mass is 10.2. The first-order valence-electron chi connectivity index (χ1n) is 8.21. The van der Waals surface area contributed by atoms with Crippen LogP contribution in [0.25, 0.3) is 17.5 Å². The quantitative estimate of drug-likeness (QED) is 0.702. The first-order valence-corrected chi connectivity index (χ1v) is 8.21. The third kappa shape index (κ3) is 3.80. The molecule has 0 aliphatic heterocycles. The van der Waals surface area contributed by atoms with E-state index in [9.17, 15) is 4.79 Å². The Morgan fingerprint density at radius 1 is 1.20 bits per heavy atom. The van der Waals surface area contributed by atoms with E-state index in [2.05, 4.69) is 25.5 Å². The Labute approximate surface area is 145 Å². The van der Waals surface area contributed by atoms with Crippen LogP contribution in [-0.2, 0) is 4.79 Å². The van der Waals surface area contributed by atoms with Gasteiger partial charge in [0, 0.05) is 29.4 Å². The molecule has 2 N–H and O–H groups in total. The van der Waals surface area contributed by atoms with Gasteiger partial charge in [-0.05, 0) is 43.2 Å². The number of rotatable bonds is 5. The molecule has 25 heavy (non-hydrogen) atoms. The molecule has 0 unspecified atom stereocenters. The number of aromatic amines is 1. The fraction of sp³-hybridized carbons (Fsp3) is 0.158. The predicted molar refractivity (Wildman–Crippen MR) is 95.7 cm³/mol. The van der Waals surface area contributed by atoms with Crippen molar-refractivity contribution in [2.75, 3.05) is 5.32 Å². The summed E-state index contributed by atoms with van der Waals surface area (Å²) in [7, 11) is 0. The molecule has 0 bridgehead atoms. The van der Waals surface area contributed by atoms with E-state index in [1.165, 1.54) is 18.9 Å². The summed E-state index contributed by atoms with van der Waals surface area (Å²) in [6, 6.07) is 13.1. The van der Waals surface area contributed by atoms with Crippen LogP contribution < -0.4 is 5.32 Å². The second-order valence-corrected chi connectivity index (χ2v) is 5.98. The molecule has 1 aromatic carbocycles. The summed E-state index contributed by atoms with van der Waals surface area (Å²) >= 11 is 0. The number of amides is 1. The molecule has 1 aliphatic carbocycles. The minimum absolute atomic E-state index is 0.212. The Kier molecular flexibility index (Phi) is 4.08. The van der Waals surface area contributed by atoms with Gasteiger partial charge >= 0.3 is 0 Å². The average molecular weight is 331 g/mol. The van der Waals surface area contributed by atoms with Crippen LogP contribution in [0.4, 0.5) is 5.69 Å². The minimum atomic E-state index is -0.212. The monoisotopic (exact) mass is 331 g/mol. The lowest BCUT2D eigenvalue weighted by molar-refractivity contribution is -0.111. The molecule has 1 amide bonds. The second-order valence-electron chi connectivity index (χ2n) is 5.98. The standard InChI is InChI=1S/C19H17N5O/c25-17(10-9-15-5-1-2-11-20-15)21-16-6-3-4-14(12-16)19-22-18(23-24-19)13-7-8-13/h1-6,9-13H,7-8H2,(H,21,25)(H,22,23,24)/b10-9+. The predicted octanol–water partition coefficient (Wildman–Crippen LogP) is 3.40. The van der Waals surface area contributed by atoms with Gasteiger partial charge in [-0.25, -0.2) is 4.98 Å². The molecule has 0 saturated heterocycles. The highest BCUT2D eigenvalue weighted by Gasteiger charge is 2.27. The molecule has 6 nitrogen and oxygen atoms in total. The van der Waals surface area contributed by atoms with Crippen LogP contribution in [0, 0.1) is 0 Å². The summed E-state index contributed by atoms with van der Waals surface area (Å²) in [6.45, 7) is 0. The van der Waals surface area contributed by atoms with Crippen molar-refractivity contribution in [2.45, 2.75) is 18.8 Å². The van der Waals surface area contributed by atoms with Gasteiger partial charge in [-0.2, -0.15) is 5.10 Å². The first-order chi connectivity index (χ1) is 12.3. The molecule has 4 rings (SSSR count). The Balaban J connectivity index is 1.45. The minimum Gasteiger partial charge on any atom is -0.322 e. The van der Waals surface area contributed by atoms with Gasteiger partial charge in [0.15, 0.2) is 5.82 Å². The molecular formula is C19H17N5O. The topological polar surface area (TPSA) is 83.6 Å². The Morgan fingerprint density at radius 3 is 2.92 bits per heavy atom. The molecular weight excluding hydrogens is 314 g/mol. The molecule has 0 atom stereocenters. The molecule has 6 heteroatoms. The van der Waals surface area contributed by atoms with E-state index < -0.39 is 0 Å². The normalized spacial score (nSPS) is 13.9. The largest absolute Gasteiger partial charge is 0.322 e. The van der Waals surface area contributed by atoms with Gasteiger partial charge in [-0.1, -0.05) is 18.2 Å². The summed E-state index contributed by atoms with van der Waals surface area (Å²) in [5.74, 6) is 1.92. The molecule has 124 valence electrons. The SMILES string of the molecule is O=C(/C=C/c1ccccn1)Nc1cccc(-c2n[nH]c(C3CC3)n2)c1. The summed E-state index contributed by atoms with van der Waals surface area (Å²) < 4.78 is 0. The fourth-order valence-electron chi connectivity index (χ4n) is 2.50. The van der Waals surface area contributed by atoms with Gasteiger partial charge in [0.2, 0.25) is 5.91 Å². The van der Waals surface area contributed by atoms with Crippen LogP contribution >= 0.6 is 0 Å². The summed E-state index contributed by atoms with van der Waals surface area (Å²) in [4.78, 5) is 20.8. The van der Waals surface area contributed by atoms with E-state index in [4.69, 9.17) is 0 Å². The highest BCUT2D eigenvalue weighted by atomic mass is 16.1. The van der Waals surface area contributed by atoms with Gasteiger partial charge in [-0.15, -0.1) is 0 Å². The van der Waals surface area contributed by atoms with Gasteiger partial charge in [-0.3, -0.25) is 14.9 Å². The number of hydrogen-bond acceptors (Lipinski definition) is 4. The zero-order valence-corrected chi connectivity index (χ0v) is 13.5. The van der Waals surface area contributed by atoms with Crippen LogP contribution in [-0.4, -0.2) is 26.1 Å². The number of nitrogens with one attached hydrogen (secondary N) is 2. The number of hydrogen-bond donors (Lipinski definition) is 2. The Bertz CT molecular complexity index is 912. The fourth-order valence-corrected chi connectivity index (χ4v) is 2.50. The van der Waals surface area contributed by atoms with Crippen LogP contribution in [0.5, 0.6) is 0 Å². The van der Waals surface area contributed by atoms with Crippen molar-refractivity contribution >= 4 is 17.7 Å². The Hall–Kier alpha value is -3.28. The summed E-state index contributed by atoms with van der Waals surface area (Å²) in [5.41, 5.74) is 2.31. The van der Waals surface area contributed by atoms with Crippen molar-refractivity contribution in [3.05, 3.63) is 66.3 Å². The van der Waals surface area contributed by atoms with E-state index in [1.807, 2.05) is 42.5 Å². The van der Waals surface area contributed by atoms with E-state index in [1.54, 1.807) is 12.3 Å². The van der Waals surface area contributed by atoms with Crippen molar-refractivity contribution < 1.29 is 4.79 Å². The number of benzene rings is 1. The van der Waals surface area contributed by atoms with Gasteiger partial charge in [0.1, 0.15) is 5.82 Å². The lowest BCUT2D eigenvalue weighted by Gasteiger charge is -2.03. The van der Waals surface area contributed by atoms with Gasteiger partial charge in [0.05, 0.1) is 5.69 Å². The number of pyridine rings is 1. The zero-order chi connectivity index (χ0) is 17.1. The van der Waals surface area contributed by atoms with Crippen LogP contribution in [0.1, 0.15) is 30.3 Å². The number of aromatic nitrogens is 4. The molecule has 2 heterocycles. The third-order valence-corrected chi connectivity index (χ3v) is 3.95. The van der Waals surface area contributed by atoms with Crippen LogP contribution in [0.15, 0.2) is 54.7 Å². The molecule has 0 radical (unpaired) electrons. The highest BCUT2D eigenvalue weighted by Crippen LogP contribution is 2.38. The lowest BCUT2D eigenvalue weighted by Crippen LogP contribution is -2.07. The van der Waals surface area contributed by atoms with Crippen LogP contribution in [0.3, 0.4) is 0 Å². The molecule has 1 fully saturated rings. The van der Waals surface area contributed by atoms with Crippen molar-refractivity contribution in [1.82, 2.24) is 20.2 Å². The second kappa shape index (κ2) is 6.68. The van der Waals surface area contributed by atoms with Gasteiger partial charge < -0.3 is 5.32 Å². The van der Waals surface area contributed by atoms with Crippen molar-refractivity contribution in [3.8, 4) is 11.4 Å². The first kappa shape index (κ1) is 15.3. The summed E-state index contributed by atoms with van der Waals surface area (Å²) in [6.07, 6.45) is 7.18. The van der Waals surface area contributed by atoms with E-state index in [0.717, 1.165) is 17.1 Å². The van der Waals surface area contributed by atoms with Crippen molar-refractivity contribution in [1.29, 1.82) is 0 Å². The van der Waals surface area contributed by atoms with E-state index >= 15 is 0 Å². The van der Waals surface area contributed by atoms with Crippen molar-refractivity contribution in [3.63, 3.8) is 0 Å². The third-order valence-electron chi connectivity index (χ3n) is 3.95. The van der Waals surface area contributed by atoms with Crippen molar-refractivity contribution in [2.24, 2.45) is 0 Å². The molecule has 3 aromatic rings. The maximum atomic E-state index is 12.1. The molecule has 2 aromatic heterocycles. The smallest absolute Gasteiger partial charge is 0.248 e. The molecule has 1 saturated carbocycles. The van der Waals surface area contributed by atoms with Crippen LogP contribution in [0.2, 0.25) is 0 Å². The number of carbonyl (C=O) groups excluding carboxylic acids is 1. The summed E-state index contributed by atoms with van der Waals surface area (Å²) in [5, 5.41) is 10.1. The number of H-pyrrole nitrogens is 1. The average Bonchev–Trinajstić information content (AvgIpc) is 3.38. The van der Waals surface area contributed by atoms with E-state index in [-0.39, 0.29) is 5.91 Å². The number of anilines is 1. The van der Waals surface area contributed by atoms with E-state index in [0.29, 0.717) is 17.4 Å². The zero-order valence-electron chi connectivity index (χ0n) is 13.5. The number of carbonyl (C=O) groups is 1.